The second-order valence-corrected chi connectivity index (χ2v) is 5.97. The molecule has 5 heteroatoms. The van der Waals surface area contributed by atoms with Gasteiger partial charge in [0.2, 0.25) is 0 Å². The van der Waals surface area contributed by atoms with E-state index >= 15 is 0 Å². The molecule has 5 nitrogen and oxygen atoms in total. The molecule has 2 heterocycles. The Kier molecular flexibility index (Phi) is 5.79. The van der Waals surface area contributed by atoms with Crippen LogP contribution in [0.1, 0.15) is 51.8 Å². The largest absolute Gasteiger partial charge is 0.381 e. The van der Waals surface area contributed by atoms with E-state index in [0.717, 1.165) is 44.6 Å². The fourth-order valence-electron chi connectivity index (χ4n) is 2.96. The molecular weight excluding hydrogens is 266 g/mol. The van der Waals surface area contributed by atoms with Crippen molar-refractivity contribution < 1.29 is 9.47 Å². The van der Waals surface area contributed by atoms with Gasteiger partial charge in [0.15, 0.2) is 0 Å². The van der Waals surface area contributed by atoms with Crippen LogP contribution in [-0.2, 0) is 15.9 Å². The highest BCUT2D eigenvalue weighted by Gasteiger charge is 2.39. The van der Waals surface area contributed by atoms with Gasteiger partial charge in [-0.2, -0.15) is 5.10 Å². The number of hydrogen-bond donors (Lipinski definition) is 1. The Bertz CT molecular complexity index is 421. The van der Waals surface area contributed by atoms with Gasteiger partial charge in [0.1, 0.15) is 0 Å². The zero-order chi connectivity index (χ0) is 15.3. The average molecular weight is 295 g/mol. The average Bonchev–Trinajstić information content (AvgIpc) is 2.96. The summed E-state index contributed by atoms with van der Waals surface area (Å²) in [5, 5.41) is 4.66. The fraction of sp³-hybridized carbons (Fsp3) is 0.812. The van der Waals surface area contributed by atoms with Gasteiger partial charge >= 0.3 is 0 Å². The molecule has 2 N–H and O–H groups in total. The van der Waals surface area contributed by atoms with E-state index in [9.17, 15) is 0 Å². The molecule has 120 valence electrons. The minimum atomic E-state index is -0.257. The number of hydrogen-bond acceptors (Lipinski definition) is 4. The lowest BCUT2D eigenvalue weighted by Gasteiger charge is -2.41. The van der Waals surface area contributed by atoms with Gasteiger partial charge in [0.25, 0.3) is 0 Å². The van der Waals surface area contributed by atoms with Crippen LogP contribution in [0.5, 0.6) is 0 Å². The van der Waals surface area contributed by atoms with Crippen molar-refractivity contribution in [1.29, 1.82) is 0 Å². The Morgan fingerprint density at radius 3 is 2.76 bits per heavy atom. The molecule has 0 spiro atoms. The second-order valence-electron chi connectivity index (χ2n) is 5.97. The molecule has 1 fully saturated rings. The van der Waals surface area contributed by atoms with Crippen molar-refractivity contribution in [3.05, 3.63) is 18.0 Å². The van der Waals surface area contributed by atoms with E-state index in [-0.39, 0.29) is 11.6 Å². The summed E-state index contributed by atoms with van der Waals surface area (Å²) in [5.41, 5.74) is 7.28. The zero-order valence-electron chi connectivity index (χ0n) is 13.5. The summed E-state index contributed by atoms with van der Waals surface area (Å²) >= 11 is 0. The third-order valence-corrected chi connectivity index (χ3v) is 4.58. The molecule has 2 unspecified atom stereocenters. The van der Waals surface area contributed by atoms with Crippen LogP contribution in [0.3, 0.4) is 0 Å². The van der Waals surface area contributed by atoms with Crippen molar-refractivity contribution in [3.8, 4) is 0 Å². The van der Waals surface area contributed by atoms with Gasteiger partial charge in [-0.15, -0.1) is 0 Å². The standard InChI is InChI=1S/C16H29N3O2/c1-4-13(3)19-9-6-14(18-19)12-15(17)16(21-5-2)7-10-20-11-8-16/h6,9,13,15H,4-5,7-8,10-12,17H2,1-3H3. The molecule has 21 heavy (non-hydrogen) atoms. The lowest BCUT2D eigenvalue weighted by molar-refractivity contribution is -0.120. The van der Waals surface area contributed by atoms with Crippen molar-refractivity contribution in [1.82, 2.24) is 9.78 Å². The maximum atomic E-state index is 6.49. The van der Waals surface area contributed by atoms with Gasteiger partial charge in [-0.3, -0.25) is 4.68 Å². The van der Waals surface area contributed by atoms with Crippen molar-refractivity contribution in [2.45, 2.75) is 64.1 Å². The minimum Gasteiger partial charge on any atom is -0.381 e. The van der Waals surface area contributed by atoms with Crippen LogP contribution in [0.15, 0.2) is 12.3 Å². The molecule has 1 saturated heterocycles. The van der Waals surface area contributed by atoms with Crippen molar-refractivity contribution >= 4 is 0 Å². The molecule has 0 aliphatic carbocycles. The highest BCUT2D eigenvalue weighted by molar-refractivity contribution is 5.06. The Morgan fingerprint density at radius 2 is 2.14 bits per heavy atom. The predicted molar refractivity (Wildman–Crippen MR) is 83.3 cm³/mol. The smallest absolute Gasteiger partial charge is 0.0880 e. The maximum absolute atomic E-state index is 6.49. The summed E-state index contributed by atoms with van der Waals surface area (Å²) in [6.45, 7) is 8.53. The van der Waals surface area contributed by atoms with E-state index in [2.05, 4.69) is 25.0 Å². The first-order chi connectivity index (χ1) is 10.1. The van der Waals surface area contributed by atoms with E-state index in [0.29, 0.717) is 12.6 Å². The number of nitrogens with two attached hydrogens (primary N) is 1. The summed E-state index contributed by atoms with van der Waals surface area (Å²) < 4.78 is 13.5. The van der Waals surface area contributed by atoms with Gasteiger partial charge in [-0.25, -0.2) is 0 Å². The van der Waals surface area contributed by atoms with Crippen LogP contribution in [0.2, 0.25) is 0 Å². The van der Waals surface area contributed by atoms with Gasteiger partial charge in [0.05, 0.1) is 11.3 Å². The highest BCUT2D eigenvalue weighted by atomic mass is 16.5. The molecule has 1 aliphatic heterocycles. The molecule has 0 aromatic carbocycles. The normalized spacial score (nSPS) is 21.1. The Hall–Kier alpha value is -0.910. The maximum Gasteiger partial charge on any atom is 0.0880 e. The molecule has 0 amide bonds. The first-order valence-electron chi connectivity index (χ1n) is 8.12. The summed E-state index contributed by atoms with van der Waals surface area (Å²) in [6.07, 6.45) is 5.62. The molecule has 2 atom stereocenters. The third kappa shape index (κ3) is 3.84. The second kappa shape index (κ2) is 7.38. The topological polar surface area (TPSA) is 62.3 Å². The van der Waals surface area contributed by atoms with Crippen LogP contribution >= 0.6 is 0 Å². The van der Waals surface area contributed by atoms with Crippen molar-refractivity contribution in [2.75, 3.05) is 19.8 Å². The van der Waals surface area contributed by atoms with Crippen molar-refractivity contribution in [3.63, 3.8) is 0 Å². The fourth-order valence-corrected chi connectivity index (χ4v) is 2.96. The van der Waals surface area contributed by atoms with Crippen LogP contribution < -0.4 is 5.73 Å². The summed E-state index contributed by atoms with van der Waals surface area (Å²) in [6, 6.07) is 2.46. The molecule has 0 radical (unpaired) electrons. The van der Waals surface area contributed by atoms with Gasteiger partial charge < -0.3 is 15.2 Å². The minimum absolute atomic E-state index is 0.0402. The van der Waals surface area contributed by atoms with Crippen LogP contribution in [0.4, 0.5) is 0 Å². The number of ether oxygens (including phenoxy) is 2. The molecule has 1 aromatic heterocycles. The Labute approximate surface area is 127 Å². The van der Waals surface area contributed by atoms with E-state index in [1.54, 1.807) is 0 Å². The molecule has 1 aromatic rings. The van der Waals surface area contributed by atoms with Crippen molar-refractivity contribution in [2.24, 2.45) is 5.73 Å². The van der Waals surface area contributed by atoms with Crippen LogP contribution in [0, 0.1) is 0 Å². The van der Waals surface area contributed by atoms with E-state index < -0.39 is 0 Å². The van der Waals surface area contributed by atoms with Crippen LogP contribution in [0.25, 0.3) is 0 Å². The van der Waals surface area contributed by atoms with Gasteiger partial charge in [-0.1, -0.05) is 6.92 Å². The quantitative estimate of drug-likeness (QED) is 0.838. The monoisotopic (exact) mass is 295 g/mol. The summed E-state index contributed by atoms with van der Waals surface area (Å²) in [4.78, 5) is 0. The van der Waals surface area contributed by atoms with Crippen LogP contribution in [-0.4, -0.2) is 41.2 Å². The number of nitrogens with zero attached hydrogens (tertiary/aromatic N) is 2. The summed E-state index contributed by atoms with van der Waals surface area (Å²) in [7, 11) is 0. The lowest BCUT2D eigenvalue weighted by atomic mass is 9.84. The molecule has 2 rings (SSSR count). The molecule has 0 bridgehead atoms. The molecule has 1 aliphatic rings. The predicted octanol–water partition coefficient (Wildman–Crippen LogP) is 2.31. The third-order valence-electron chi connectivity index (χ3n) is 4.58. The molecular formula is C16H29N3O2. The van der Waals surface area contributed by atoms with E-state index in [1.807, 2.05) is 17.8 Å². The van der Waals surface area contributed by atoms with E-state index in [4.69, 9.17) is 15.2 Å². The van der Waals surface area contributed by atoms with E-state index in [1.165, 1.54) is 0 Å². The number of rotatable bonds is 7. The van der Waals surface area contributed by atoms with Gasteiger partial charge in [0, 0.05) is 57.4 Å². The molecule has 0 saturated carbocycles. The Balaban J connectivity index is 2.04. The first-order valence-corrected chi connectivity index (χ1v) is 8.12. The zero-order valence-corrected chi connectivity index (χ0v) is 13.5. The SMILES string of the molecule is CCOC1(C(N)Cc2ccn(C(C)CC)n2)CCOCC1. The first kappa shape index (κ1) is 16.5. The highest BCUT2D eigenvalue weighted by Crippen LogP contribution is 2.29. The van der Waals surface area contributed by atoms with Gasteiger partial charge in [-0.05, 0) is 26.3 Å². The summed E-state index contributed by atoms with van der Waals surface area (Å²) in [5.74, 6) is 0. The lowest BCUT2D eigenvalue weighted by Crippen LogP contribution is -2.54. The Morgan fingerprint density at radius 1 is 1.43 bits per heavy atom. The number of aromatic nitrogens is 2.